The van der Waals surface area contributed by atoms with Crippen molar-refractivity contribution in [3.63, 3.8) is 0 Å². The molecule has 0 aliphatic carbocycles. The van der Waals surface area contributed by atoms with Crippen LogP contribution in [0.1, 0.15) is 40.0 Å². The molecule has 72 valence electrons. The van der Waals surface area contributed by atoms with Crippen LogP contribution in [0.2, 0.25) is 0 Å². The van der Waals surface area contributed by atoms with Crippen LogP contribution < -0.4 is 5.32 Å². The molecule has 0 spiro atoms. The smallest absolute Gasteiger partial charge is 0.0158 e. The first-order chi connectivity index (χ1) is 5.70. The monoisotopic (exact) mass is 169 g/mol. The molecule has 0 saturated heterocycles. The first-order valence-corrected chi connectivity index (χ1v) is 5.02. The van der Waals surface area contributed by atoms with E-state index in [1.54, 1.807) is 0 Å². The summed E-state index contributed by atoms with van der Waals surface area (Å²) in [6.45, 7) is 7.77. The van der Waals surface area contributed by atoms with Crippen molar-refractivity contribution < 1.29 is 0 Å². The van der Waals surface area contributed by atoms with Crippen LogP contribution in [-0.2, 0) is 0 Å². The van der Waals surface area contributed by atoms with E-state index in [9.17, 15) is 0 Å². The van der Waals surface area contributed by atoms with Crippen LogP contribution >= 0.6 is 0 Å². The summed E-state index contributed by atoms with van der Waals surface area (Å²) in [5.41, 5.74) is 1.46. The van der Waals surface area contributed by atoms with Gasteiger partial charge in [0.25, 0.3) is 0 Å². The molecule has 0 aromatic heterocycles. The maximum Gasteiger partial charge on any atom is 0.0158 e. The Morgan fingerprint density at radius 2 is 2.17 bits per heavy atom. The Bertz CT molecular complexity index is 127. The van der Waals surface area contributed by atoms with Crippen molar-refractivity contribution in [3.8, 4) is 0 Å². The number of rotatable bonds is 6. The highest BCUT2D eigenvalue weighted by molar-refractivity contribution is 5.01. The van der Waals surface area contributed by atoms with Gasteiger partial charge in [-0.3, -0.25) is 0 Å². The standard InChI is InChI=1S/C11H23N/c1-5-6-7-10(2)8-11(3)9-12-4/h8,10,12H,5-7,9H2,1-4H3/b11-8+/t10-/m1/s1. The molecule has 1 heteroatoms. The molecular weight excluding hydrogens is 146 g/mol. The van der Waals surface area contributed by atoms with Gasteiger partial charge < -0.3 is 5.32 Å². The Labute approximate surface area is 77.2 Å². The fourth-order valence-electron chi connectivity index (χ4n) is 1.43. The van der Waals surface area contributed by atoms with Gasteiger partial charge in [0.15, 0.2) is 0 Å². The minimum Gasteiger partial charge on any atom is -0.316 e. The number of allylic oxidation sites excluding steroid dienone is 1. The lowest BCUT2D eigenvalue weighted by Crippen LogP contribution is -2.09. The molecule has 0 rings (SSSR count). The molecule has 0 amide bonds. The van der Waals surface area contributed by atoms with E-state index in [2.05, 4.69) is 32.2 Å². The van der Waals surface area contributed by atoms with E-state index in [0.717, 1.165) is 12.5 Å². The molecule has 0 fully saturated rings. The van der Waals surface area contributed by atoms with Crippen LogP contribution in [0.4, 0.5) is 0 Å². The highest BCUT2D eigenvalue weighted by Gasteiger charge is 1.97. The van der Waals surface area contributed by atoms with Crippen LogP contribution in [0.25, 0.3) is 0 Å². The van der Waals surface area contributed by atoms with E-state index in [4.69, 9.17) is 0 Å². The zero-order valence-electron chi connectivity index (χ0n) is 8.98. The van der Waals surface area contributed by atoms with Gasteiger partial charge in [0, 0.05) is 6.54 Å². The summed E-state index contributed by atoms with van der Waals surface area (Å²) in [6, 6.07) is 0. The zero-order chi connectivity index (χ0) is 9.40. The molecular formula is C11H23N. The predicted molar refractivity (Wildman–Crippen MR) is 56.4 cm³/mol. The molecule has 0 aliphatic heterocycles. The first kappa shape index (κ1) is 11.7. The Morgan fingerprint density at radius 1 is 1.50 bits per heavy atom. The first-order valence-electron chi connectivity index (χ1n) is 5.02. The Morgan fingerprint density at radius 3 is 2.67 bits per heavy atom. The quantitative estimate of drug-likeness (QED) is 0.603. The van der Waals surface area contributed by atoms with Gasteiger partial charge in [-0.25, -0.2) is 0 Å². The van der Waals surface area contributed by atoms with Crippen LogP contribution in [0.5, 0.6) is 0 Å². The molecule has 0 saturated carbocycles. The van der Waals surface area contributed by atoms with E-state index in [0.29, 0.717) is 0 Å². The van der Waals surface area contributed by atoms with Crippen molar-refractivity contribution in [3.05, 3.63) is 11.6 Å². The van der Waals surface area contributed by atoms with Crippen LogP contribution in [0.3, 0.4) is 0 Å². The topological polar surface area (TPSA) is 12.0 Å². The second kappa shape index (κ2) is 7.35. The molecule has 0 heterocycles. The Kier molecular flexibility index (Phi) is 7.17. The maximum atomic E-state index is 3.16. The van der Waals surface area contributed by atoms with Crippen molar-refractivity contribution >= 4 is 0 Å². The minimum absolute atomic E-state index is 0.748. The number of unbranched alkanes of at least 4 members (excludes halogenated alkanes) is 1. The van der Waals surface area contributed by atoms with Crippen molar-refractivity contribution in [2.24, 2.45) is 5.92 Å². The summed E-state index contributed by atoms with van der Waals surface area (Å²) < 4.78 is 0. The molecule has 0 aromatic rings. The average Bonchev–Trinajstić information content (AvgIpc) is 2.01. The highest BCUT2D eigenvalue weighted by atomic mass is 14.8. The van der Waals surface area contributed by atoms with Gasteiger partial charge >= 0.3 is 0 Å². The molecule has 1 N–H and O–H groups in total. The third-order valence-electron chi connectivity index (χ3n) is 2.04. The normalized spacial score (nSPS) is 14.8. The largest absolute Gasteiger partial charge is 0.316 e. The average molecular weight is 169 g/mol. The van der Waals surface area contributed by atoms with Gasteiger partial charge in [0.05, 0.1) is 0 Å². The van der Waals surface area contributed by atoms with Gasteiger partial charge in [-0.05, 0) is 26.3 Å². The third-order valence-corrected chi connectivity index (χ3v) is 2.04. The SMILES string of the molecule is CCCC[C@@H](C)/C=C(\C)CNC. The van der Waals surface area contributed by atoms with Gasteiger partial charge in [-0.1, -0.05) is 38.3 Å². The number of hydrogen-bond acceptors (Lipinski definition) is 1. The fourth-order valence-corrected chi connectivity index (χ4v) is 1.43. The van der Waals surface area contributed by atoms with Gasteiger partial charge in [-0.15, -0.1) is 0 Å². The van der Waals surface area contributed by atoms with E-state index in [-0.39, 0.29) is 0 Å². The number of hydrogen-bond donors (Lipinski definition) is 1. The molecule has 1 atom stereocenters. The van der Waals surface area contributed by atoms with Crippen molar-refractivity contribution in [1.29, 1.82) is 0 Å². The second-order valence-electron chi connectivity index (χ2n) is 3.66. The third kappa shape index (κ3) is 6.41. The summed E-state index contributed by atoms with van der Waals surface area (Å²) in [6.07, 6.45) is 6.37. The van der Waals surface area contributed by atoms with Crippen molar-refractivity contribution in [1.82, 2.24) is 5.32 Å². The number of likely N-dealkylation sites (N-methyl/N-ethyl adjacent to an activating group) is 1. The van der Waals surface area contributed by atoms with Crippen LogP contribution in [0.15, 0.2) is 11.6 Å². The summed E-state index contributed by atoms with van der Waals surface area (Å²) in [5.74, 6) is 0.748. The Hall–Kier alpha value is -0.300. The maximum absolute atomic E-state index is 3.16. The number of nitrogens with one attached hydrogen (secondary N) is 1. The molecule has 12 heavy (non-hydrogen) atoms. The van der Waals surface area contributed by atoms with Gasteiger partial charge in [-0.2, -0.15) is 0 Å². The molecule has 0 bridgehead atoms. The van der Waals surface area contributed by atoms with Crippen molar-refractivity contribution in [2.45, 2.75) is 40.0 Å². The van der Waals surface area contributed by atoms with E-state index in [1.807, 2.05) is 7.05 Å². The molecule has 1 nitrogen and oxygen atoms in total. The van der Waals surface area contributed by atoms with E-state index >= 15 is 0 Å². The highest BCUT2D eigenvalue weighted by Crippen LogP contribution is 2.10. The van der Waals surface area contributed by atoms with Crippen LogP contribution in [0, 0.1) is 5.92 Å². The second-order valence-corrected chi connectivity index (χ2v) is 3.66. The lowest BCUT2D eigenvalue weighted by Gasteiger charge is -2.07. The van der Waals surface area contributed by atoms with E-state index in [1.165, 1.54) is 24.8 Å². The van der Waals surface area contributed by atoms with Gasteiger partial charge in [0.2, 0.25) is 0 Å². The summed E-state index contributed by atoms with van der Waals surface area (Å²) in [7, 11) is 1.99. The minimum atomic E-state index is 0.748. The predicted octanol–water partition coefficient (Wildman–Crippen LogP) is 2.98. The molecule has 0 aromatic carbocycles. The van der Waals surface area contributed by atoms with Crippen molar-refractivity contribution in [2.75, 3.05) is 13.6 Å². The fraction of sp³-hybridized carbons (Fsp3) is 0.818. The Balaban J connectivity index is 3.63. The van der Waals surface area contributed by atoms with Gasteiger partial charge in [0.1, 0.15) is 0 Å². The lowest BCUT2D eigenvalue weighted by atomic mass is 10.0. The summed E-state index contributed by atoms with van der Waals surface area (Å²) in [4.78, 5) is 0. The zero-order valence-corrected chi connectivity index (χ0v) is 8.98. The lowest BCUT2D eigenvalue weighted by molar-refractivity contribution is 0.593. The van der Waals surface area contributed by atoms with Crippen LogP contribution in [-0.4, -0.2) is 13.6 Å². The molecule has 0 aliphatic rings. The van der Waals surface area contributed by atoms with E-state index < -0.39 is 0 Å². The molecule has 0 unspecified atom stereocenters. The summed E-state index contributed by atoms with van der Waals surface area (Å²) in [5, 5.41) is 3.16. The summed E-state index contributed by atoms with van der Waals surface area (Å²) >= 11 is 0. The molecule has 0 radical (unpaired) electrons.